The number of aromatic nitrogens is 3. The second kappa shape index (κ2) is 11.7. The average molecular weight is 486 g/mol. The second-order valence-electron chi connectivity index (χ2n) is 6.13. The number of unbranched alkanes of at least 4 members (excludes halogenated alkanes) is 1. The molecule has 1 atom stereocenters. The Hall–Kier alpha value is -0.910. The van der Waals surface area contributed by atoms with Crippen LogP contribution in [0.4, 0.5) is 0 Å². The first kappa shape index (κ1) is 24.1. The highest BCUT2D eigenvalue weighted by molar-refractivity contribution is 14.0. The lowest BCUT2D eigenvalue weighted by Crippen LogP contribution is -2.43. The lowest BCUT2D eigenvalue weighted by Gasteiger charge is -2.18. The molecule has 10 heteroatoms. The van der Waals surface area contributed by atoms with Crippen molar-refractivity contribution in [3.8, 4) is 0 Å². The maximum Gasteiger partial charge on any atom is 0.191 e. The van der Waals surface area contributed by atoms with Gasteiger partial charge in [-0.05, 0) is 26.7 Å². The maximum atomic E-state index is 11.3. The predicted molar refractivity (Wildman–Crippen MR) is 112 cm³/mol. The number of hydrogen-bond acceptors (Lipinski definition) is 5. The van der Waals surface area contributed by atoms with Crippen molar-refractivity contribution < 1.29 is 8.42 Å². The monoisotopic (exact) mass is 486 g/mol. The highest BCUT2D eigenvalue weighted by Gasteiger charge is 2.10. The van der Waals surface area contributed by atoms with E-state index >= 15 is 0 Å². The van der Waals surface area contributed by atoms with E-state index in [4.69, 9.17) is 0 Å². The summed E-state index contributed by atoms with van der Waals surface area (Å²) in [5.41, 5.74) is 0. The summed E-state index contributed by atoms with van der Waals surface area (Å²) in [6, 6.07) is 0.00818. The van der Waals surface area contributed by atoms with Crippen molar-refractivity contribution in [1.82, 2.24) is 25.4 Å². The topological polar surface area (TPSA) is 101 Å². The SMILES string of the molecule is CCCCNC(=NCc1nnc(C)n1C)NC(C)CCS(C)(=O)=O.I. The Morgan fingerprint density at radius 1 is 1.36 bits per heavy atom. The molecule has 8 nitrogen and oxygen atoms in total. The van der Waals surface area contributed by atoms with Crippen LogP contribution in [0.3, 0.4) is 0 Å². The van der Waals surface area contributed by atoms with Gasteiger partial charge >= 0.3 is 0 Å². The van der Waals surface area contributed by atoms with E-state index in [1.807, 2.05) is 25.5 Å². The molecule has 1 rings (SSSR count). The minimum absolute atomic E-state index is 0. The van der Waals surface area contributed by atoms with Gasteiger partial charge in [-0.25, -0.2) is 13.4 Å². The molecule has 0 saturated heterocycles. The van der Waals surface area contributed by atoms with Crippen molar-refractivity contribution in [3.05, 3.63) is 11.6 Å². The first-order valence-corrected chi connectivity index (χ1v) is 10.4. The second-order valence-corrected chi connectivity index (χ2v) is 8.39. The summed E-state index contributed by atoms with van der Waals surface area (Å²) < 4.78 is 24.5. The van der Waals surface area contributed by atoms with Gasteiger partial charge in [0.25, 0.3) is 0 Å². The lowest BCUT2D eigenvalue weighted by atomic mass is 10.2. The Morgan fingerprint density at radius 2 is 2.04 bits per heavy atom. The molecular weight excluding hydrogens is 455 g/mol. The van der Waals surface area contributed by atoms with Crippen molar-refractivity contribution >= 4 is 39.8 Å². The Morgan fingerprint density at radius 3 is 2.56 bits per heavy atom. The Kier molecular flexibility index (Phi) is 11.2. The molecule has 146 valence electrons. The summed E-state index contributed by atoms with van der Waals surface area (Å²) in [5.74, 6) is 2.46. The third kappa shape index (κ3) is 9.97. The van der Waals surface area contributed by atoms with E-state index in [9.17, 15) is 8.42 Å². The zero-order chi connectivity index (χ0) is 18.2. The number of aryl methyl sites for hydroxylation is 1. The van der Waals surface area contributed by atoms with E-state index in [-0.39, 0.29) is 35.8 Å². The van der Waals surface area contributed by atoms with Gasteiger partial charge in [-0.1, -0.05) is 13.3 Å². The molecule has 0 aromatic carbocycles. The van der Waals surface area contributed by atoms with Gasteiger partial charge in [0, 0.05) is 25.9 Å². The van der Waals surface area contributed by atoms with Gasteiger partial charge < -0.3 is 15.2 Å². The number of rotatable bonds is 9. The Bertz CT molecular complexity index is 644. The van der Waals surface area contributed by atoms with E-state index in [1.165, 1.54) is 6.26 Å². The molecule has 0 amide bonds. The largest absolute Gasteiger partial charge is 0.356 e. The third-order valence-corrected chi connectivity index (χ3v) is 4.67. The summed E-state index contributed by atoms with van der Waals surface area (Å²) in [4.78, 5) is 4.55. The Balaban J connectivity index is 0.00000576. The molecule has 1 heterocycles. The fourth-order valence-electron chi connectivity index (χ4n) is 1.97. The smallest absolute Gasteiger partial charge is 0.191 e. The predicted octanol–water partition coefficient (Wildman–Crippen LogP) is 1.40. The number of aliphatic imine (C=N–C) groups is 1. The van der Waals surface area contributed by atoms with Gasteiger partial charge in [0.15, 0.2) is 11.8 Å². The summed E-state index contributed by atoms with van der Waals surface area (Å²) in [6.07, 6.45) is 3.93. The van der Waals surface area contributed by atoms with Gasteiger partial charge in [0.2, 0.25) is 0 Å². The van der Waals surface area contributed by atoms with E-state index in [0.29, 0.717) is 18.9 Å². The van der Waals surface area contributed by atoms with Gasteiger partial charge in [-0.15, -0.1) is 34.2 Å². The van der Waals surface area contributed by atoms with Crippen molar-refractivity contribution in [2.75, 3.05) is 18.6 Å². The summed E-state index contributed by atoms with van der Waals surface area (Å²) in [5, 5.41) is 14.7. The molecule has 1 aromatic heterocycles. The maximum absolute atomic E-state index is 11.3. The van der Waals surface area contributed by atoms with Crippen LogP contribution in [0.15, 0.2) is 4.99 Å². The van der Waals surface area contributed by atoms with Crippen molar-refractivity contribution in [2.24, 2.45) is 12.0 Å². The van der Waals surface area contributed by atoms with Crippen molar-refractivity contribution in [2.45, 2.75) is 52.6 Å². The molecule has 0 aliphatic heterocycles. The van der Waals surface area contributed by atoms with Crippen LogP contribution in [0.1, 0.15) is 44.8 Å². The van der Waals surface area contributed by atoms with E-state index in [1.54, 1.807) is 0 Å². The van der Waals surface area contributed by atoms with Crippen LogP contribution in [-0.2, 0) is 23.4 Å². The average Bonchev–Trinajstić information content (AvgIpc) is 2.81. The summed E-state index contributed by atoms with van der Waals surface area (Å²) in [6.45, 7) is 7.21. The van der Waals surface area contributed by atoms with Crippen molar-refractivity contribution in [3.63, 3.8) is 0 Å². The minimum atomic E-state index is -2.96. The third-order valence-electron chi connectivity index (χ3n) is 3.69. The molecule has 1 aromatic rings. The van der Waals surface area contributed by atoms with Crippen molar-refractivity contribution in [1.29, 1.82) is 0 Å². The zero-order valence-corrected chi connectivity index (χ0v) is 18.9. The number of halogens is 1. The molecule has 0 spiro atoms. The number of nitrogens with one attached hydrogen (secondary N) is 2. The highest BCUT2D eigenvalue weighted by atomic mass is 127. The van der Waals surface area contributed by atoms with E-state index in [2.05, 4.69) is 32.7 Å². The normalized spacial score (nSPS) is 13.2. The van der Waals surface area contributed by atoms with Gasteiger partial charge in [0.05, 0.1) is 5.75 Å². The van der Waals surface area contributed by atoms with E-state index < -0.39 is 9.84 Å². The van der Waals surface area contributed by atoms with Crippen LogP contribution < -0.4 is 10.6 Å². The van der Waals surface area contributed by atoms with Gasteiger partial charge in [0.1, 0.15) is 22.2 Å². The van der Waals surface area contributed by atoms with Crippen LogP contribution in [0.25, 0.3) is 0 Å². The molecule has 1 unspecified atom stereocenters. The van der Waals surface area contributed by atoms with E-state index in [0.717, 1.165) is 31.0 Å². The molecule has 0 radical (unpaired) electrons. The van der Waals surface area contributed by atoms with Crippen LogP contribution in [0.2, 0.25) is 0 Å². The highest BCUT2D eigenvalue weighted by Crippen LogP contribution is 2.00. The minimum Gasteiger partial charge on any atom is -0.356 e. The van der Waals surface area contributed by atoms with Crippen LogP contribution in [0, 0.1) is 6.92 Å². The van der Waals surface area contributed by atoms with Gasteiger partial charge in [-0.3, -0.25) is 0 Å². The number of guanidine groups is 1. The first-order chi connectivity index (χ1) is 11.2. The summed E-state index contributed by atoms with van der Waals surface area (Å²) >= 11 is 0. The quantitative estimate of drug-likeness (QED) is 0.237. The van der Waals surface area contributed by atoms with Crippen LogP contribution in [0.5, 0.6) is 0 Å². The zero-order valence-electron chi connectivity index (χ0n) is 15.7. The first-order valence-electron chi connectivity index (χ1n) is 8.30. The molecule has 2 N–H and O–H groups in total. The fraction of sp³-hybridized carbons (Fsp3) is 0.800. The number of sulfone groups is 1. The van der Waals surface area contributed by atoms with Gasteiger partial charge in [-0.2, -0.15) is 0 Å². The molecule has 0 aliphatic carbocycles. The molecule has 0 bridgehead atoms. The Labute approximate surface area is 168 Å². The van der Waals surface area contributed by atoms with Crippen LogP contribution >= 0.6 is 24.0 Å². The van der Waals surface area contributed by atoms with Crippen LogP contribution in [-0.4, -0.2) is 53.7 Å². The molecule has 25 heavy (non-hydrogen) atoms. The molecular formula is C15H31IN6O2S. The summed E-state index contributed by atoms with van der Waals surface area (Å²) in [7, 11) is -1.05. The molecule has 0 aliphatic rings. The number of nitrogens with zero attached hydrogens (tertiary/aromatic N) is 4. The fourth-order valence-corrected chi connectivity index (χ4v) is 2.75. The number of hydrogen-bond donors (Lipinski definition) is 2. The standard InChI is InChI=1S/C15H30N6O2S.HI/c1-6-7-9-16-15(18-12(2)8-10-24(5,22)23)17-11-14-20-19-13(3)21(14)4;/h12H,6-11H2,1-5H3,(H2,16,17,18);1H. The lowest BCUT2D eigenvalue weighted by molar-refractivity contribution is 0.579. The molecule has 0 fully saturated rings. The molecule has 0 saturated carbocycles.